The minimum Gasteiger partial charge on any atom is -0.496 e. The van der Waals surface area contributed by atoms with Gasteiger partial charge < -0.3 is 33.5 Å². The van der Waals surface area contributed by atoms with Gasteiger partial charge in [-0.1, -0.05) is 18.2 Å². The van der Waals surface area contributed by atoms with E-state index in [-0.39, 0.29) is 30.6 Å². The van der Waals surface area contributed by atoms with Crippen molar-refractivity contribution in [1.82, 2.24) is 0 Å². The van der Waals surface area contributed by atoms with E-state index in [1.165, 1.54) is 34.5 Å². The normalized spacial score (nSPS) is 11.9. The summed E-state index contributed by atoms with van der Waals surface area (Å²) < 4.78 is 31.5. The number of carbonyl (C=O) groups is 1. The van der Waals surface area contributed by atoms with E-state index in [1.807, 2.05) is 6.07 Å². The van der Waals surface area contributed by atoms with E-state index in [4.69, 9.17) is 28.4 Å². The smallest absolute Gasteiger partial charge is 0.188 e. The quantitative estimate of drug-likeness (QED) is 0.415. The van der Waals surface area contributed by atoms with Crippen LogP contribution in [0.2, 0.25) is 0 Å². The molecule has 1 N–H and O–H groups in total. The molecule has 0 saturated heterocycles. The van der Waals surface area contributed by atoms with Crippen molar-refractivity contribution in [2.24, 2.45) is 0 Å². The third-order valence-corrected chi connectivity index (χ3v) is 4.10. The van der Waals surface area contributed by atoms with Crippen LogP contribution in [0, 0.1) is 0 Å². The zero-order valence-corrected chi connectivity index (χ0v) is 17.4. The Hall–Kier alpha value is -3.07. The molecule has 0 bridgehead atoms. The van der Waals surface area contributed by atoms with Crippen molar-refractivity contribution in [1.29, 1.82) is 0 Å². The molecule has 0 aromatic heterocycles. The van der Waals surface area contributed by atoms with Crippen LogP contribution in [-0.2, 0) is 14.3 Å². The van der Waals surface area contributed by atoms with Crippen LogP contribution in [0.1, 0.15) is 17.2 Å². The molecule has 8 heteroatoms. The number of aliphatic hydroxyl groups is 1. The van der Waals surface area contributed by atoms with Crippen molar-refractivity contribution >= 4 is 11.9 Å². The lowest BCUT2D eigenvalue weighted by Crippen LogP contribution is -2.14. The molecule has 0 radical (unpaired) electrons. The minimum absolute atomic E-state index is 0.0721. The summed E-state index contributed by atoms with van der Waals surface area (Å²) >= 11 is 0. The van der Waals surface area contributed by atoms with E-state index in [0.29, 0.717) is 17.1 Å². The number of aliphatic hydroxyl groups excluding tert-OH is 1. The van der Waals surface area contributed by atoms with Gasteiger partial charge in [-0.3, -0.25) is 4.79 Å². The highest BCUT2D eigenvalue weighted by Crippen LogP contribution is 2.42. The highest BCUT2D eigenvalue weighted by Gasteiger charge is 2.27. The zero-order chi connectivity index (χ0) is 21.9. The molecule has 2 aromatic carbocycles. The largest absolute Gasteiger partial charge is 0.496 e. The molecule has 30 heavy (non-hydrogen) atoms. The molecular weight excluding hydrogens is 392 g/mol. The van der Waals surface area contributed by atoms with Gasteiger partial charge in [0.05, 0.1) is 19.8 Å². The number of ether oxygens (including phenoxy) is 6. The van der Waals surface area contributed by atoms with Gasteiger partial charge in [0.15, 0.2) is 30.9 Å². The SMILES string of the molecule is COCOc1ccccc1/C=C\C(=O)C(O)c1c(OC)ccc(OC)c1OCOC. The number of ketones is 1. The third-order valence-electron chi connectivity index (χ3n) is 4.10. The summed E-state index contributed by atoms with van der Waals surface area (Å²) in [5.74, 6) is 0.736. The molecule has 0 spiro atoms. The van der Waals surface area contributed by atoms with Crippen molar-refractivity contribution in [3.63, 3.8) is 0 Å². The van der Waals surface area contributed by atoms with Crippen LogP contribution < -0.4 is 18.9 Å². The molecule has 0 heterocycles. The summed E-state index contributed by atoms with van der Waals surface area (Å²) in [6, 6.07) is 10.3. The number of para-hydroxylation sites is 1. The fraction of sp³-hybridized carbons (Fsp3) is 0.318. The van der Waals surface area contributed by atoms with E-state index in [1.54, 1.807) is 36.4 Å². The predicted octanol–water partition coefficient (Wildman–Crippen LogP) is 2.99. The topological polar surface area (TPSA) is 92.7 Å². The Balaban J connectivity index is 2.35. The Kier molecular flexibility index (Phi) is 9.14. The molecule has 0 aliphatic heterocycles. The lowest BCUT2D eigenvalue weighted by atomic mass is 10.0. The van der Waals surface area contributed by atoms with Crippen molar-refractivity contribution in [3.8, 4) is 23.0 Å². The van der Waals surface area contributed by atoms with Crippen LogP contribution in [-0.4, -0.2) is 52.9 Å². The Morgan fingerprint density at radius 3 is 2.20 bits per heavy atom. The number of methoxy groups -OCH3 is 4. The predicted molar refractivity (Wildman–Crippen MR) is 110 cm³/mol. The monoisotopic (exact) mass is 418 g/mol. The zero-order valence-electron chi connectivity index (χ0n) is 17.4. The second-order valence-electron chi connectivity index (χ2n) is 5.99. The number of hydrogen-bond donors (Lipinski definition) is 1. The summed E-state index contributed by atoms with van der Waals surface area (Å²) in [7, 11) is 5.86. The fourth-order valence-electron chi connectivity index (χ4n) is 2.70. The average Bonchev–Trinajstić information content (AvgIpc) is 2.78. The number of carbonyl (C=O) groups excluding carboxylic acids is 1. The van der Waals surface area contributed by atoms with E-state index < -0.39 is 11.9 Å². The first-order chi connectivity index (χ1) is 14.6. The van der Waals surface area contributed by atoms with Gasteiger partial charge >= 0.3 is 0 Å². The van der Waals surface area contributed by atoms with Crippen LogP contribution in [0.25, 0.3) is 6.08 Å². The Labute approximate surface area is 175 Å². The second kappa shape index (κ2) is 11.8. The van der Waals surface area contributed by atoms with Gasteiger partial charge in [-0.2, -0.15) is 0 Å². The number of hydrogen-bond acceptors (Lipinski definition) is 8. The van der Waals surface area contributed by atoms with Crippen LogP contribution in [0.4, 0.5) is 0 Å². The molecule has 0 saturated carbocycles. The third kappa shape index (κ3) is 5.73. The van der Waals surface area contributed by atoms with E-state index in [2.05, 4.69) is 0 Å². The van der Waals surface area contributed by atoms with E-state index in [9.17, 15) is 9.90 Å². The molecule has 0 aliphatic rings. The Morgan fingerprint density at radius 2 is 1.53 bits per heavy atom. The van der Waals surface area contributed by atoms with Crippen molar-refractivity contribution in [2.45, 2.75) is 6.10 Å². The lowest BCUT2D eigenvalue weighted by Gasteiger charge is -2.19. The molecule has 162 valence electrons. The van der Waals surface area contributed by atoms with Crippen LogP contribution >= 0.6 is 0 Å². The van der Waals surface area contributed by atoms with E-state index >= 15 is 0 Å². The summed E-state index contributed by atoms with van der Waals surface area (Å²) in [6.07, 6.45) is 1.27. The first kappa shape index (κ1) is 23.2. The molecule has 8 nitrogen and oxygen atoms in total. The minimum atomic E-state index is -1.55. The first-order valence-electron chi connectivity index (χ1n) is 9.04. The van der Waals surface area contributed by atoms with Gasteiger partial charge in [-0.15, -0.1) is 0 Å². The lowest BCUT2D eigenvalue weighted by molar-refractivity contribution is -0.122. The van der Waals surface area contributed by atoms with E-state index in [0.717, 1.165) is 0 Å². The van der Waals surface area contributed by atoms with Crippen molar-refractivity contribution in [3.05, 3.63) is 53.6 Å². The maximum absolute atomic E-state index is 12.8. The molecule has 0 aliphatic carbocycles. The molecule has 0 amide bonds. The second-order valence-corrected chi connectivity index (χ2v) is 5.99. The van der Waals surface area contributed by atoms with Gasteiger partial charge in [0.2, 0.25) is 0 Å². The van der Waals surface area contributed by atoms with Gasteiger partial charge in [0.1, 0.15) is 17.6 Å². The summed E-state index contributed by atoms with van der Waals surface area (Å²) in [5.41, 5.74) is 0.802. The van der Waals surface area contributed by atoms with Crippen molar-refractivity contribution in [2.75, 3.05) is 42.0 Å². The molecule has 2 rings (SSSR count). The van der Waals surface area contributed by atoms with Gasteiger partial charge in [-0.25, -0.2) is 0 Å². The maximum Gasteiger partial charge on any atom is 0.188 e. The molecule has 2 aromatic rings. The highest BCUT2D eigenvalue weighted by atomic mass is 16.7. The van der Waals surface area contributed by atoms with Crippen molar-refractivity contribution < 1.29 is 38.3 Å². The summed E-state index contributed by atoms with van der Waals surface area (Å²) in [6.45, 7) is -0.0277. The maximum atomic E-state index is 12.8. The average molecular weight is 418 g/mol. The fourth-order valence-corrected chi connectivity index (χ4v) is 2.70. The molecule has 0 fully saturated rings. The summed E-state index contributed by atoms with van der Waals surface area (Å²) in [4.78, 5) is 12.8. The van der Waals surface area contributed by atoms with Crippen LogP contribution in [0.5, 0.6) is 23.0 Å². The molecular formula is C22H26O8. The van der Waals surface area contributed by atoms with Gasteiger partial charge in [0.25, 0.3) is 0 Å². The number of rotatable bonds is 12. The van der Waals surface area contributed by atoms with Crippen LogP contribution in [0.3, 0.4) is 0 Å². The van der Waals surface area contributed by atoms with Gasteiger partial charge in [-0.05, 0) is 30.4 Å². The Bertz CT molecular complexity index is 862. The standard InChI is InChI=1S/C22H26O8/c1-25-13-29-17-8-6-5-7-15(17)9-10-16(23)21(24)20-18(27-3)11-12-19(28-4)22(20)30-14-26-2/h5-12,21,24H,13-14H2,1-4H3/b10-9-. The molecule has 1 unspecified atom stereocenters. The molecule has 1 atom stereocenters. The number of benzene rings is 2. The highest BCUT2D eigenvalue weighted by molar-refractivity contribution is 5.98. The Morgan fingerprint density at radius 1 is 0.900 bits per heavy atom. The first-order valence-corrected chi connectivity index (χ1v) is 9.04. The van der Waals surface area contributed by atoms with Gasteiger partial charge in [0, 0.05) is 19.8 Å². The van der Waals surface area contributed by atoms with Crippen LogP contribution in [0.15, 0.2) is 42.5 Å². The summed E-state index contributed by atoms with van der Waals surface area (Å²) in [5, 5.41) is 10.8.